The van der Waals surface area contributed by atoms with Gasteiger partial charge in [0.25, 0.3) is 0 Å². The Bertz CT molecular complexity index is 927. The number of benzene rings is 2. The standard InChI is InChI=1S/C22H23N3O3/c1-14-3-5-18-16(9-14)12-24-19-6-4-15(2)10-17(19)13-25(18)20(24)11-21(26)23-7-8-28-22(23)27/h3-6,9-10,20H,7-8,11-13H2,1-2H3. The summed E-state index contributed by atoms with van der Waals surface area (Å²) in [7, 11) is 0. The smallest absolute Gasteiger partial charge is 0.416 e. The molecular weight excluding hydrogens is 354 g/mol. The molecule has 2 aromatic carbocycles. The largest absolute Gasteiger partial charge is 0.447 e. The Labute approximate surface area is 164 Å². The van der Waals surface area contributed by atoms with Gasteiger partial charge in [0.2, 0.25) is 5.91 Å². The van der Waals surface area contributed by atoms with Gasteiger partial charge in [0.05, 0.1) is 13.0 Å². The second-order valence-electron chi connectivity index (χ2n) is 7.86. The van der Waals surface area contributed by atoms with Crippen LogP contribution in [-0.2, 0) is 22.6 Å². The van der Waals surface area contributed by atoms with E-state index in [1.165, 1.54) is 38.5 Å². The summed E-state index contributed by atoms with van der Waals surface area (Å²) in [5.74, 6) is -0.173. The van der Waals surface area contributed by atoms with E-state index >= 15 is 0 Å². The summed E-state index contributed by atoms with van der Waals surface area (Å²) in [5, 5.41) is 0. The average molecular weight is 377 g/mol. The number of hydrogen-bond acceptors (Lipinski definition) is 5. The number of ether oxygens (including phenoxy) is 1. The molecule has 1 fully saturated rings. The molecule has 3 aliphatic heterocycles. The Hall–Kier alpha value is -3.02. The number of amides is 2. The third-order valence-electron chi connectivity index (χ3n) is 5.91. The second kappa shape index (κ2) is 6.26. The normalized spacial score (nSPS) is 18.1. The molecule has 2 aromatic rings. The summed E-state index contributed by atoms with van der Waals surface area (Å²) < 4.78 is 4.95. The van der Waals surface area contributed by atoms with Crippen LogP contribution in [0.4, 0.5) is 16.2 Å². The first-order chi connectivity index (χ1) is 13.5. The van der Waals surface area contributed by atoms with Crippen LogP contribution >= 0.6 is 0 Å². The minimum atomic E-state index is -0.525. The summed E-state index contributed by atoms with van der Waals surface area (Å²) in [4.78, 5) is 30.5. The highest BCUT2D eigenvalue weighted by Gasteiger charge is 2.40. The second-order valence-corrected chi connectivity index (χ2v) is 7.86. The number of aryl methyl sites for hydroxylation is 2. The van der Waals surface area contributed by atoms with E-state index in [1.54, 1.807) is 0 Å². The molecule has 0 spiro atoms. The molecule has 0 aromatic heterocycles. The van der Waals surface area contributed by atoms with Crippen LogP contribution in [0.1, 0.15) is 28.7 Å². The highest BCUT2D eigenvalue weighted by Crippen LogP contribution is 2.42. The number of hydrogen-bond donors (Lipinski definition) is 0. The van der Waals surface area contributed by atoms with Crippen molar-refractivity contribution in [3.63, 3.8) is 0 Å². The van der Waals surface area contributed by atoms with Crippen LogP contribution in [0.25, 0.3) is 0 Å². The van der Waals surface area contributed by atoms with Crippen molar-refractivity contribution in [2.45, 2.75) is 39.5 Å². The minimum absolute atomic E-state index is 0.105. The molecule has 0 radical (unpaired) electrons. The average Bonchev–Trinajstić information content (AvgIpc) is 3.08. The van der Waals surface area contributed by atoms with Gasteiger partial charge in [0, 0.05) is 24.5 Å². The van der Waals surface area contributed by atoms with Crippen molar-refractivity contribution < 1.29 is 14.3 Å². The number of cyclic esters (lactones) is 1. The van der Waals surface area contributed by atoms with Crippen molar-refractivity contribution in [3.8, 4) is 0 Å². The fourth-order valence-corrected chi connectivity index (χ4v) is 4.59. The molecule has 0 N–H and O–H groups in total. The van der Waals surface area contributed by atoms with Crippen molar-refractivity contribution in [3.05, 3.63) is 58.7 Å². The van der Waals surface area contributed by atoms with E-state index in [0.29, 0.717) is 6.54 Å². The number of anilines is 2. The predicted octanol–water partition coefficient (Wildman–Crippen LogP) is 3.34. The number of nitrogens with zero attached hydrogens (tertiary/aromatic N) is 3. The SMILES string of the molecule is Cc1ccc2c(c1)CN1c3ccc(C)cc3CN2C1CC(=O)N1CCOC1=O. The lowest BCUT2D eigenvalue weighted by molar-refractivity contribution is -0.128. The maximum atomic E-state index is 12.9. The number of carbonyl (C=O) groups excluding carboxylic acids is 2. The molecule has 0 atom stereocenters. The lowest BCUT2D eigenvalue weighted by Crippen LogP contribution is -2.57. The monoisotopic (exact) mass is 377 g/mol. The molecule has 1 saturated heterocycles. The van der Waals surface area contributed by atoms with Crippen LogP contribution in [-0.4, -0.2) is 36.2 Å². The molecule has 144 valence electrons. The molecule has 0 aliphatic carbocycles. The fourth-order valence-electron chi connectivity index (χ4n) is 4.59. The van der Waals surface area contributed by atoms with Crippen molar-refractivity contribution in [2.24, 2.45) is 0 Å². The molecule has 2 amide bonds. The molecule has 28 heavy (non-hydrogen) atoms. The van der Waals surface area contributed by atoms with Crippen LogP contribution in [0.3, 0.4) is 0 Å². The fraction of sp³-hybridized carbons (Fsp3) is 0.364. The zero-order chi connectivity index (χ0) is 19.4. The molecule has 0 unspecified atom stereocenters. The van der Waals surface area contributed by atoms with Gasteiger partial charge in [-0.2, -0.15) is 0 Å². The van der Waals surface area contributed by atoms with E-state index in [1.807, 2.05) is 0 Å². The van der Waals surface area contributed by atoms with Gasteiger partial charge in [-0.1, -0.05) is 35.4 Å². The van der Waals surface area contributed by atoms with E-state index in [9.17, 15) is 9.59 Å². The lowest BCUT2D eigenvalue weighted by Gasteiger charge is -2.51. The maximum absolute atomic E-state index is 12.9. The molecule has 3 aliphatic rings. The van der Waals surface area contributed by atoms with Crippen molar-refractivity contribution in [1.29, 1.82) is 0 Å². The molecule has 6 nitrogen and oxygen atoms in total. The number of imide groups is 1. The van der Waals surface area contributed by atoms with Crippen molar-refractivity contribution >= 4 is 23.4 Å². The molecular formula is C22H23N3O3. The van der Waals surface area contributed by atoms with Gasteiger partial charge in [-0.15, -0.1) is 0 Å². The van der Waals surface area contributed by atoms with Crippen LogP contribution < -0.4 is 9.80 Å². The van der Waals surface area contributed by atoms with Gasteiger partial charge in [-0.25, -0.2) is 9.69 Å². The number of carbonyl (C=O) groups is 2. The number of fused-ring (bicyclic) bond motifs is 6. The van der Waals surface area contributed by atoms with E-state index in [2.05, 4.69) is 60.0 Å². The van der Waals surface area contributed by atoms with Gasteiger partial charge < -0.3 is 14.5 Å². The Morgan fingerprint density at radius 2 is 1.57 bits per heavy atom. The zero-order valence-corrected chi connectivity index (χ0v) is 16.1. The minimum Gasteiger partial charge on any atom is -0.447 e. The first-order valence-corrected chi connectivity index (χ1v) is 9.71. The van der Waals surface area contributed by atoms with Gasteiger partial charge in [0.1, 0.15) is 12.8 Å². The van der Waals surface area contributed by atoms with Crippen LogP contribution in [0.2, 0.25) is 0 Å². The van der Waals surface area contributed by atoms with Crippen molar-refractivity contribution in [2.75, 3.05) is 23.0 Å². The van der Waals surface area contributed by atoms with Crippen LogP contribution in [0.5, 0.6) is 0 Å². The van der Waals surface area contributed by atoms with Gasteiger partial charge in [0.15, 0.2) is 0 Å². The van der Waals surface area contributed by atoms with Gasteiger partial charge in [-0.05, 0) is 37.1 Å². The summed E-state index contributed by atoms with van der Waals surface area (Å²) in [6.45, 7) is 6.35. The topological polar surface area (TPSA) is 53.1 Å². The summed E-state index contributed by atoms with van der Waals surface area (Å²) in [6, 6.07) is 13.0. The Kier molecular flexibility index (Phi) is 3.82. The summed E-state index contributed by atoms with van der Waals surface area (Å²) in [6.07, 6.45) is -0.371. The van der Waals surface area contributed by atoms with E-state index in [4.69, 9.17) is 4.74 Å². The quantitative estimate of drug-likeness (QED) is 0.804. The summed E-state index contributed by atoms with van der Waals surface area (Å²) in [5.41, 5.74) is 7.37. The number of rotatable bonds is 2. The highest BCUT2D eigenvalue weighted by molar-refractivity contribution is 5.94. The Balaban J connectivity index is 1.54. The zero-order valence-electron chi connectivity index (χ0n) is 16.1. The van der Waals surface area contributed by atoms with Crippen molar-refractivity contribution in [1.82, 2.24) is 4.90 Å². The third kappa shape index (κ3) is 2.63. The highest BCUT2D eigenvalue weighted by atomic mass is 16.6. The van der Waals surface area contributed by atoms with E-state index < -0.39 is 6.09 Å². The molecule has 3 heterocycles. The van der Waals surface area contributed by atoms with Crippen LogP contribution in [0.15, 0.2) is 36.4 Å². The third-order valence-corrected chi connectivity index (χ3v) is 5.91. The van der Waals surface area contributed by atoms with E-state index in [0.717, 1.165) is 13.1 Å². The van der Waals surface area contributed by atoms with Gasteiger partial charge in [-0.3, -0.25) is 4.79 Å². The Morgan fingerprint density at radius 1 is 1.00 bits per heavy atom. The van der Waals surface area contributed by atoms with Crippen LogP contribution in [0, 0.1) is 13.8 Å². The molecule has 6 heteroatoms. The summed E-state index contributed by atoms with van der Waals surface area (Å²) >= 11 is 0. The lowest BCUT2D eigenvalue weighted by atomic mass is 9.95. The maximum Gasteiger partial charge on any atom is 0.416 e. The molecule has 5 rings (SSSR count). The molecule has 0 saturated carbocycles. The Morgan fingerprint density at radius 3 is 2.07 bits per heavy atom. The first-order valence-electron chi connectivity index (χ1n) is 9.71. The first kappa shape index (κ1) is 17.1. The predicted molar refractivity (Wildman–Crippen MR) is 106 cm³/mol. The van der Waals surface area contributed by atoms with Gasteiger partial charge >= 0.3 is 6.09 Å². The van der Waals surface area contributed by atoms with E-state index in [-0.39, 0.29) is 25.1 Å². The molecule has 2 bridgehead atoms.